The van der Waals surface area contributed by atoms with Crippen LogP contribution >= 0.6 is 15.9 Å². The van der Waals surface area contributed by atoms with E-state index in [1.807, 2.05) is 26.8 Å². The van der Waals surface area contributed by atoms with E-state index in [4.69, 9.17) is 23.7 Å². The standard InChI is InChI=1S/C18H29BrN2O6/c1-18(2,3)27-17(22)21-6-7-23-8-9-24-10-11-25-12-13-26-16-14-15(19)4-5-20-16/h4-5,14H,6-13H2,1-3H3,(H,21,22). The number of nitrogens with zero attached hydrogens (tertiary/aromatic N) is 1. The Bertz CT molecular complexity index is 539. The first kappa shape index (κ1) is 23.6. The first-order valence-corrected chi connectivity index (χ1v) is 9.60. The zero-order valence-corrected chi connectivity index (χ0v) is 17.7. The van der Waals surface area contributed by atoms with Gasteiger partial charge in [0.1, 0.15) is 12.2 Å². The summed E-state index contributed by atoms with van der Waals surface area (Å²) in [5.41, 5.74) is -0.497. The molecule has 27 heavy (non-hydrogen) atoms. The van der Waals surface area contributed by atoms with Gasteiger partial charge in [-0.25, -0.2) is 9.78 Å². The highest BCUT2D eigenvalue weighted by molar-refractivity contribution is 9.10. The predicted octanol–water partition coefficient (Wildman–Crippen LogP) is 2.80. The molecular weight excluding hydrogens is 420 g/mol. The van der Waals surface area contributed by atoms with Gasteiger partial charge >= 0.3 is 6.09 Å². The number of rotatable bonds is 13. The molecule has 0 saturated carbocycles. The minimum atomic E-state index is -0.497. The molecule has 0 aliphatic carbocycles. The van der Waals surface area contributed by atoms with Gasteiger partial charge in [-0.05, 0) is 26.8 Å². The van der Waals surface area contributed by atoms with Crippen molar-refractivity contribution in [2.24, 2.45) is 0 Å². The number of amides is 1. The van der Waals surface area contributed by atoms with E-state index in [9.17, 15) is 4.79 Å². The predicted molar refractivity (Wildman–Crippen MR) is 104 cm³/mol. The zero-order chi connectivity index (χ0) is 20.0. The first-order chi connectivity index (χ1) is 12.9. The van der Waals surface area contributed by atoms with E-state index in [2.05, 4.69) is 26.2 Å². The lowest BCUT2D eigenvalue weighted by Gasteiger charge is -2.19. The van der Waals surface area contributed by atoms with Crippen molar-refractivity contribution in [2.75, 3.05) is 52.8 Å². The topological polar surface area (TPSA) is 88.1 Å². The molecule has 0 aromatic carbocycles. The van der Waals surface area contributed by atoms with Gasteiger partial charge in [0.25, 0.3) is 0 Å². The Morgan fingerprint density at radius 3 is 2.22 bits per heavy atom. The molecular formula is C18H29BrN2O6. The van der Waals surface area contributed by atoms with Crippen molar-refractivity contribution in [3.63, 3.8) is 0 Å². The third-order valence-corrected chi connectivity index (χ3v) is 3.33. The van der Waals surface area contributed by atoms with Crippen LogP contribution in [0.1, 0.15) is 20.8 Å². The molecule has 0 unspecified atom stereocenters. The first-order valence-electron chi connectivity index (χ1n) is 8.81. The van der Waals surface area contributed by atoms with Crippen LogP contribution in [-0.4, -0.2) is 69.5 Å². The highest BCUT2D eigenvalue weighted by Gasteiger charge is 2.15. The highest BCUT2D eigenvalue weighted by Crippen LogP contribution is 2.14. The largest absolute Gasteiger partial charge is 0.475 e. The number of hydrogen-bond acceptors (Lipinski definition) is 7. The van der Waals surface area contributed by atoms with Gasteiger partial charge in [-0.3, -0.25) is 0 Å². The number of aromatic nitrogens is 1. The average Bonchev–Trinajstić information content (AvgIpc) is 2.57. The third kappa shape index (κ3) is 14.3. The molecule has 1 rings (SSSR count). The lowest BCUT2D eigenvalue weighted by atomic mass is 10.2. The molecule has 0 saturated heterocycles. The Balaban J connectivity index is 1.82. The lowest BCUT2D eigenvalue weighted by molar-refractivity contribution is 0.00882. The molecule has 0 bridgehead atoms. The van der Waals surface area contributed by atoms with Crippen molar-refractivity contribution in [2.45, 2.75) is 26.4 Å². The van der Waals surface area contributed by atoms with Gasteiger partial charge in [0.15, 0.2) is 0 Å². The summed E-state index contributed by atoms with van der Waals surface area (Å²) in [5.74, 6) is 0.558. The molecule has 0 radical (unpaired) electrons. The van der Waals surface area contributed by atoms with Crippen molar-refractivity contribution in [1.82, 2.24) is 10.3 Å². The van der Waals surface area contributed by atoms with E-state index < -0.39 is 11.7 Å². The fraction of sp³-hybridized carbons (Fsp3) is 0.667. The van der Waals surface area contributed by atoms with E-state index in [0.29, 0.717) is 58.7 Å². The minimum Gasteiger partial charge on any atom is -0.475 e. The summed E-state index contributed by atoms with van der Waals surface area (Å²) in [6.07, 6.45) is 1.23. The van der Waals surface area contributed by atoms with E-state index in [0.717, 1.165) is 4.47 Å². The van der Waals surface area contributed by atoms with Crippen molar-refractivity contribution in [3.8, 4) is 5.88 Å². The molecule has 0 aliphatic heterocycles. The molecule has 1 aromatic rings. The fourth-order valence-corrected chi connectivity index (χ4v) is 2.06. The Morgan fingerprint density at radius 2 is 1.63 bits per heavy atom. The summed E-state index contributed by atoms with van der Waals surface area (Å²) < 4.78 is 27.6. The summed E-state index contributed by atoms with van der Waals surface area (Å²) >= 11 is 3.35. The zero-order valence-electron chi connectivity index (χ0n) is 16.2. The number of ether oxygens (including phenoxy) is 5. The molecule has 1 amide bonds. The molecule has 1 aromatic heterocycles. The monoisotopic (exact) mass is 448 g/mol. The smallest absolute Gasteiger partial charge is 0.407 e. The summed E-state index contributed by atoms with van der Waals surface area (Å²) in [4.78, 5) is 15.5. The number of nitrogens with one attached hydrogen (secondary N) is 1. The van der Waals surface area contributed by atoms with Crippen molar-refractivity contribution in [1.29, 1.82) is 0 Å². The normalized spacial score (nSPS) is 11.3. The van der Waals surface area contributed by atoms with Gasteiger partial charge in [-0.15, -0.1) is 0 Å². The van der Waals surface area contributed by atoms with Crippen molar-refractivity contribution >= 4 is 22.0 Å². The van der Waals surface area contributed by atoms with Gasteiger partial charge in [0.2, 0.25) is 5.88 Å². The summed E-state index contributed by atoms with van der Waals surface area (Å²) in [5, 5.41) is 2.62. The molecule has 1 heterocycles. The van der Waals surface area contributed by atoms with Crippen LogP contribution in [0.2, 0.25) is 0 Å². The maximum absolute atomic E-state index is 11.4. The molecule has 0 aliphatic rings. The van der Waals surface area contributed by atoms with Crippen LogP contribution < -0.4 is 10.1 Å². The maximum Gasteiger partial charge on any atom is 0.407 e. The van der Waals surface area contributed by atoms with E-state index in [-0.39, 0.29) is 0 Å². The minimum absolute atomic E-state index is 0.394. The molecule has 8 nitrogen and oxygen atoms in total. The number of halogens is 1. The molecule has 0 fully saturated rings. The van der Waals surface area contributed by atoms with Gasteiger partial charge in [-0.2, -0.15) is 0 Å². The quantitative estimate of drug-likeness (QED) is 0.464. The van der Waals surface area contributed by atoms with Crippen LogP contribution in [0.3, 0.4) is 0 Å². The number of carbonyl (C=O) groups excluding carboxylic acids is 1. The molecule has 0 spiro atoms. The van der Waals surface area contributed by atoms with Crippen LogP contribution in [0.5, 0.6) is 5.88 Å². The van der Waals surface area contributed by atoms with Gasteiger partial charge in [-0.1, -0.05) is 15.9 Å². The van der Waals surface area contributed by atoms with Gasteiger partial charge < -0.3 is 29.0 Å². The number of hydrogen-bond donors (Lipinski definition) is 1. The summed E-state index contributed by atoms with van der Waals surface area (Å²) in [6.45, 7) is 9.02. The Morgan fingerprint density at radius 1 is 1.04 bits per heavy atom. The summed E-state index contributed by atoms with van der Waals surface area (Å²) in [6, 6.07) is 3.63. The molecule has 0 atom stereocenters. The number of pyridine rings is 1. The van der Waals surface area contributed by atoms with Crippen LogP contribution in [-0.2, 0) is 18.9 Å². The number of alkyl carbamates (subject to hydrolysis) is 1. The van der Waals surface area contributed by atoms with Gasteiger partial charge in [0, 0.05) is 23.3 Å². The van der Waals surface area contributed by atoms with Crippen LogP contribution in [0, 0.1) is 0 Å². The van der Waals surface area contributed by atoms with E-state index >= 15 is 0 Å². The lowest BCUT2D eigenvalue weighted by Crippen LogP contribution is -2.34. The highest BCUT2D eigenvalue weighted by atomic mass is 79.9. The van der Waals surface area contributed by atoms with E-state index in [1.165, 1.54) is 0 Å². The Labute approximate surface area is 169 Å². The molecule has 154 valence electrons. The fourth-order valence-electron chi connectivity index (χ4n) is 1.75. The SMILES string of the molecule is CC(C)(C)OC(=O)NCCOCCOCCOCCOc1cc(Br)ccn1. The number of carbonyl (C=O) groups is 1. The van der Waals surface area contributed by atoms with Crippen LogP contribution in [0.4, 0.5) is 4.79 Å². The third-order valence-electron chi connectivity index (χ3n) is 2.83. The molecule has 1 N–H and O–H groups in total. The molecule has 9 heteroatoms. The average molecular weight is 449 g/mol. The van der Waals surface area contributed by atoms with Crippen molar-refractivity contribution < 1.29 is 28.5 Å². The van der Waals surface area contributed by atoms with Crippen LogP contribution in [0.15, 0.2) is 22.8 Å². The second kappa shape index (κ2) is 13.7. The Kier molecular flexibility index (Phi) is 12.0. The van der Waals surface area contributed by atoms with Gasteiger partial charge in [0.05, 0.1) is 39.6 Å². The van der Waals surface area contributed by atoms with Crippen molar-refractivity contribution in [3.05, 3.63) is 22.8 Å². The second-order valence-electron chi connectivity index (χ2n) is 6.43. The maximum atomic E-state index is 11.4. The summed E-state index contributed by atoms with van der Waals surface area (Å²) in [7, 11) is 0. The second-order valence-corrected chi connectivity index (χ2v) is 7.34. The van der Waals surface area contributed by atoms with E-state index in [1.54, 1.807) is 12.3 Å². The van der Waals surface area contributed by atoms with Crippen LogP contribution in [0.25, 0.3) is 0 Å². The Hall–Kier alpha value is -1.42.